The van der Waals surface area contributed by atoms with Crippen LogP contribution in [-0.2, 0) is 7.05 Å². The van der Waals surface area contributed by atoms with E-state index >= 15 is 0 Å². The molecule has 4 rings (SSSR count). The summed E-state index contributed by atoms with van der Waals surface area (Å²) in [5, 5.41) is 24.5. The number of likely N-dealkylation sites (N-methyl/N-ethyl adjacent to an activating group) is 1. The van der Waals surface area contributed by atoms with Gasteiger partial charge < -0.3 is 14.9 Å². The average Bonchev–Trinajstić information content (AvgIpc) is 3.11. The maximum absolute atomic E-state index is 10.6. The smallest absolute Gasteiger partial charge is 0.165 e. The lowest BCUT2D eigenvalue weighted by molar-refractivity contribution is 0.212. The summed E-state index contributed by atoms with van der Waals surface area (Å²) in [4.78, 5) is 3.94. The Morgan fingerprint density at radius 3 is 2.73 bits per heavy atom. The van der Waals surface area contributed by atoms with Crippen LogP contribution in [0.5, 0.6) is 0 Å². The number of anilines is 1. The highest BCUT2D eigenvalue weighted by atomic mass is 16.3. The van der Waals surface area contributed by atoms with Gasteiger partial charge in [0, 0.05) is 50.2 Å². The molecule has 1 unspecified atom stereocenters. The Kier molecular flexibility index (Phi) is 4.02. The van der Waals surface area contributed by atoms with E-state index in [1.54, 1.807) is 4.90 Å². The molecule has 1 atom stereocenters. The van der Waals surface area contributed by atoms with Crippen LogP contribution >= 0.6 is 0 Å². The van der Waals surface area contributed by atoms with Crippen LogP contribution < -0.4 is 4.90 Å². The molecular formula is C20H21N5O. The average molecular weight is 347 g/mol. The molecule has 3 heterocycles. The minimum atomic E-state index is -0.923. The van der Waals surface area contributed by atoms with Gasteiger partial charge in [0.2, 0.25) is 0 Å². The first-order valence-electron chi connectivity index (χ1n) is 8.67. The second kappa shape index (κ2) is 6.36. The number of aromatic nitrogens is 2. The van der Waals surface area contributed by atoms with Crippen LogP contribution in [0.15, 0.2) is 48.3 Å². The number of hydrogen-bond donors (Lipinski definition) is 1. The van der Waals surface area contributed by atoms with Crippen LogP contribution in [0.4, 0.5) is 5.69 Å². The molecule has 6 nitrogen and oxygen atoms in total. The van der Waals surface area contributed by atoms with Crippen molar-refractivity contribution in [2.24, 2.45) is 7.05 Å². The Labute approximate surface area is 152 Å². The fourth-order valence-electron chi connectivity index (χ4n) is 3.75. The molecule has 1 aromatic carbocycles. The minimum absolute atomic E-state index is 0.407. The quantitative estimate of drug-likeness (QED) is 0.902. The molecule has 0 fully saturated rings. The molecular weight excluding hydrogens is 326 g/mol. The van der Waals surface area contributed by atoms with Gasteiger partial charge in [0.25, 0.3) is 0 Å². The van der Waals surface area contributed by atoms with Crippen molar-refractivity contribution in [3.63, 3.8) is 0 Å². The fraction of sp³-hybridized carbons (Fsp3) is 0.300. The number of aryl methyl sites for hydroxylation is 1. The summed E-state index contributed by atoms with van der Waals surface area (Å²) in [6.07, 6.45) is 6.05. The molecule has 0 radical (unpaired) electrons. The van der Waals surface area contributed by atoms with Crippen molar-refractivity contribution in [3.8, 4) is 6.07 Å². The summed E-state index contributed by atoms with van der Waals surface area (Å²) in [5.74, 6) is 0. The third-order valence-corrected chi connectivity index (χ3v) is 5.14. The first-order chi connectivity index (χ1) is 12.6. The maximum atomic E-state index is 10.6. The van der Waals surface area contributed by atoms with Crippen molar-refractivity contribution in [1.29, 1.82) is 5.26 Å². The molecule has 0 bridgehead atoms. The van der Waals surface area contributed by atoms with Gasteiger partial charge in [-0.2, -0.15) is 10.4 Å². The van der Waals surface area contributed by atoms with Gasteiger partial charge in [0.1, 0.15) is 11.6 Å². The molecule has 2 aromatic rings. The zero-order chi connectivity index (χ0) is 18.3. The molecule has 6 heteroatoms. The predicted molar refractivity (Wildman–Crippen MR) is 101 cm³/mol. The van der Waals surface area contributed by atoms with Crippen LogP contribution in [0.3, 0.4) is 0 Å². The lowest BCUT2D eigenvalue weighted by Crippen LogP contribution is -2.40. The van der Waals surface area contributed by atoms with E-state index in [0.717, 1.165) is 35.5 Å². The Morgan fingerprint density at radius 2 is 2.08 bits per heavy atom. The minimum Gasteiger partial charge on any atom is -0.369 e. The summed E-state index contributed by atoms with van der Waals surface area (Å²) >= 11 is 0. The number of hydrogen-bond acceptors (Lipinski definition) is 5. The number of nitrogens with zero attached hydrogens (tertiary/aromatic N) is 5. The van der Waals surface area contributed by atoms with E-state index in [-0.39, 0.29) is 0 Å². The van der Waals surface area contributed by atoms with Crippen molar-refractivity contribution in [1.82, 2.24) is 14.7 Å². The number of benzene rings is 1. The Morgan fingerprint density at radius 1 is 1.27 bits per heavy atom. The van der Waals surface area contributed by atoms with Gasteiger partial charge in [-0.25, -0.2) is 0 Å². The van der Waals surface area contributed by atoms with Crippen molar-refractivity contribution in [2.75, 3.05) is 25.0 Å². The van der Waals surface area contributed by atoms with Gasteiger partial charge >= 0.3 is 0 Å². The standard InChI is InChI=1S/C20H21N5O/c1-23-13-15(12-22-23)14-7-9-25(10-8-14)19-16-5-3-4-6-18(16)24(2)20(26)17(19)11-21/h3-7,12-13,20,26H,8-10H2,1-2H3. The normalized spacial score (nSPS) is 19.9. The van der Waals surface area contributed by atoms with E-state index in [9.17, 15) is 10.4 Å². The summed E-state index contributed by atoms with van der Waals surface area (Å²) in [6.45, 7) is 1.50. The zero-order valence-electron chi connectivity index (χ0n) is 14.9. The largest absolute Gasteiger partial charge is 0.369 e. The molecule has 1 N–H and O–H groups in total. The summed E-state index contributed by atoms with van der Waals surface area (Å²) < 4.78 is 1.81. The van der Waals surface area contributed by atoms with Gasteiger partial charge in [0.15, 0.2) is 6.23 Å². The SMILES string of the molecule is CN1c2ccccc2C(N2CC=C(c3cnn(C)c3)CC2)=C(C#N)C1O. The topological polar surface area (TPSA) is 68.3 Å². The van der Waals surface area contributed by atoms with Gasteiger partial charge in [-0.15, -0.1) is 0 Å². The molecule has 26 heavy (non-hydrogen) atoms. The monoisotopic (exact) mass is 347 g/mol. The van der Waals surface area contributed by atoms with Crippen molar-refractivity contribution in [2.45, 2.75) is 12.6 Å². The summed E-state index contributed by atoms with van der Waals surface area (Å²) in [6, 6.07) is 10.2. The molecule has 132 valence electrons. The van der Waals surface area contributed by atoms with E-state index in [1.165, 1.54) is 5.57 Å². The molecule has 0 saturated carbocycles. The van der Waals surface area contributed by atoms with E-state index in [2.05, 4.69) is 22.1 Å². The van der Waals surface area contributed by atoms with Crippen LogP contribution in [0, 0.1) is 11.3 Å². The third kappa shape index (κ3) is 2.57. The first kappa shape index (κ1) is 16.4. The van der Waals surface area contributed by atoms with Crippen LogP contribution in [0.1, 0.15) is 17.5 Å². The third-order valence-electron chi connectivity index (χ3n) is 5.14. The highest BCUT2D eigenvalue weighted by Gasteiger charge is 2.33. The number of para-hydroxylation sites is 1. The molecule has 0 saturated heterocycles. The van der Waals surface area contributed by atoms with Gasteiger partial charge in [-0.05, 0) is 18.1 Å². The fourth-order valence-corrected chi connectivity index (χ4v) is 3.75. The van der Waals surface area contributed by atoms with Crippen LogP contribution in [-0.4, -0.2) is 46.2 Å². The number of fused-ring (bicyclic) bond motifs is 1. The first-order valence-corrected chi connectivity index (χ1v) is 8.67. The van der Waals surface area contributed by atoms with Crippen LogP contribution in [0.2, 0.25) is 0 Å². The number of nitriles is 1. The number of aliphatic hydroxyl groups is 1. The Bertz CT molecular complexity index is 949. The molecule has 0 spiro atoms. The van der Waals surface area contributed by atoms with Crippen molar-refractivity contribution < 1.29 is 5.11 Å². The molecule has 2 aliphatic heterocycles. The summed E-state index contributed by atoms with van der Waals surface area (Å²) in [5.41, 5.74) is 5.60. The molecule has 0 aliphatic carbocycles. The van der Waals surface area contributed by atoms with E-state index in [4.69, 9.17) is 0 Å². The lowest BCUT2D eigenvalue weighted by atomic mass is 9.94. The maximum Gasteiger partial charge on any atom is 0.165 e. The van der Waals surface area contributed by atoms with Gasteiger partial charge in [-0.1, -0.05) is 24.3 Å². The Balaban J connectivity index is 1.71. The molecule has 2 aliphatic rings. The van der Waals surface area contributed by atoms with Crippen molar-refractivity contribution >= 4 is 17.0 Å². The zero-order valence-corrected chi connectivity index (χ0v) is 14.9. The Hall–Kier alpha value is -3.04. The van der Waals surface area contributed by atoms with Crippen LogP contribution in [0.25, 0.3) is 11.3 Å². The van der Waals surface area contributed by atoms with Crippen molar-refractivity contribution in [3.05, 3.63) is 59.4 Å². The van der Waals surface area contributed by atoms with E-state index in [1.807, 2.05) is 55.4 Å². The highest BCUT2D eigenvalue weighted by Crippen LogP contribution is 2.39. The number of aliphatic hydroxyl groups excluding tert-OH is 1. The van der Waals surface area contributed by atoms with E-state index < -0.39 is 6.23 Å². The predicted octanol–water partition coefficient (Wildman–Crippen LogP) is 2.21. The highest BCUT2D eigenvalue weighted by molar-refractivity contribution is 5.84. The molecule has 1 aromatic heterocycles. The molecule has 0 amide bonds. The summed E-state index contributed by atoms with van der Waals surface area (Å²) in [7, 11) is 3.73. The second-order valence-corrected chi connectivity index (χ2v) is 6.70. The second-order valence-electron chi connectivity index (χ2n) is 6.70. The van der Waals surface area contributed by atoms with E-state index in [0.29, 0.717) is 12.1 Å². The van der Waals surface area contributed by atoms with Gasteiger partial charge in [-0.3, -0.25) is 4.68 Å². The number of rotatable bonds is 2. The van der Waals surface area contributed by atoms with Gasteiger partial charge in [0.05, 0.1) is 11.9 Å². The lowest BCUT2D eigenvalue weighted by Gasteiger charge is -2.39.